The first kappa shape index (κ1) is 28.3. The molecule has 0 saturated heterocycles. The molecule has 1 heterocycles. The molecule has 3 aromatic carbocycles. The van der Waals surface area contributed by atoms with Gasteiger partial charge in [-0.15, -0.1) is 12.4 Å². The molecule has 0 amide bonds. The molecular weight excluding hydrogens is 494 g/mol. The summed E-state index contributed by atoms with van der Waals surface area (Å²) in [4.78, 5) is 0. The normalized spacial score (nSPS) is 18.8. The Kier molecular flexibility index (Phi) is 8.66. The number of halogens is 1. The molecule has 0 aliphatic carbocycles. The third kappa shape index (κ3) is 5.23. The number of rotatable bonds is 8. The number of hydroxylamine groups is 2. The molecule has 8 heteroatoms. The summed E-state index contributed by atoms with van der Waals surface area (Å²) in [6, 6.07) is 24.5. The van der Waals surface area contributed by atoms with Gasteiger partial charge in [-0.05, 0) is 55.2 Å². The highest BCUT2D eigenvalue weighted by atomic mass is 35.5. The van der Waals surface area contributed by atoms with E-state index in [1.807, 2.05) is 107 Å². The van der Waals surface area contributed by atoms with Gasteiger partial charge in [0, 0.05) is 12.6 Å². The van der Waals surface area contributed by atoms with Gasteiger partial charge in [-0.25, -0.2) is 0 Å². The van der Waals surface area contributed by atoms with Crippen molar-refractivity contribution in [3.8, 4) is 0 Å². The Labute approximate surface area is 221 Å². The molecule has 0 saturated carbocycles. The molecule has 1 aliphatic heterocycles. The summed E-state index contributed by atoms with van der Waals surface area (Å²) in [7, 11) is -1.89. The third-order valence-corrected chi connectivity index (χ3v) is 8.16. The summed E-state index contributed by atoms with van der Waals surface area (Å²) in [5.74, 6) is 0. The van der Waals surface area contributed by atoms with Crippen LogP contribution < -0.4 is 5.32 Å². The van der Waals surface area contributed by atoms with Crippen LogP contribution in [0.1, 0.15) is 72.9 Å². The van der Waals surface area contributed by atoms with Gasteiger partial charge in [-0.2, -0.15) is 15.7 Å². The quantitative estimate of drug-likeness (QED) is 0.264. The van der Waals surface area contributed by atoms with E-state index in [4.69, 9.17) is 4.78 Å². The van der Waals surface area contributed by atoms with Crippen LogP contribution in [0.5, 0.6) is 0 Å². The highest BCUT2D eigenvalue weighted by molar-refractivity contribution is 7.73. The zero-order valence-corrected chi connectivity index (χ0v) is 22.6. The van der Waals surface area contributed by atoms with Crippen molar-refractivity contribution in [3.05, 3.63) is 107 Å². The summed E-state index contributed by atoms with van der Waals surface area (Å²) in [6.07, 6.45) is -0.825. The first-order chi connectivity index (χ1) is 16.5. The number of aliphatic hydroxyl groups is 1. The molecule has 2 unspecified atom stereocenters. The fourth-order valence-electron chi connectivity index (χ4n) is 5.23. The van der Waals surface area contributed by atoms with E-state index in [0.717, 1.165) is 27.8 Å². The van der Waals surface area contributed by atoms with Gasteiger partial charge in [0.25, 0.3) is 0 Å². The molecule has 0 fully saturated rings. The van der Waals surface area contributed by atoms with Crippen molar-refractivity contribution in [3.63, 3.8) is 0 Å². The lowest BCUT2D eigenvalue weighted by atomic mass is 9.88. The lowest BCUT2D eigenvalue weighted by molar-refractivity contribution is -0.216. The zero-order valence-electron chi connectivity index (χ0n) is 21.0. The standard InChI is InChI=1S/C28H34N3O3S.ClH/c1-27(2)22-16-15-21(17-23(22)28(3,4)31(27)33)24(32)18-30-25(19-11-7-5-8-12-19)26(35(29)34)20-13-9-6-10-14-20;/h5-17,24-26,29-30,32-33H,18H2,1-4H3;1H/q-1;/t24?,25?,26-;/m1./s1. The Bertz CT molecular complexity index is 1240. The molecule has 6 nitrogen and oxygen atoms in total. The minimum atomic E-state index is -1.89. The monoisotopic (exact) mass is 528 g/mol. The second-order valence-corrected chi connectivity index (χ2v) is 11.3. The predicted molar refractivity (Wildman–Crippen MR) is 145 cm³/mol. The second kappa shape index (κ2) is 11.0. The molecule has 1 aliphatic rings. The molecule has 0 aromatic heterocycles. The van der Waals surface area contributed by atoms with Crippen LogP contribution >= 0.6 is 12.4 Å². The molecule has 3 aromatic rings. The molecular formula is C28H35ClN3O3S-. The van der Waals surface area contributed by atoms with Crippen LogP contribution in [0.25, 0.3) is 0 Å². The second-order valence-electron chi connectivity index (χ2n) is 10.2. The molecule has 0 spiro atoms. The first-order valence-electron chi connectivity index (χ1n) is 11.8. The highest BCUT2D eigenvalue weighted by Crippen LogP contribution is 2.48. The van der Waals surface area contributed by atoms with E-state index < -0.39 is 39.1 Å². The number of hydrogen-bond donors (Lipinski definition) is 4. The number of aliphatic hydroxyl groups excluding tert-OH is 1. The van der Waals surface area contributed by atoms with Gasteiger partial charge in [0.15, 0.2) is 0 Å². The van der Waals surface area contributed by atoms with Gasteiger partial charge in [-0.3, -0.25) is 0 Å². The number of fused-ring (bicyclic) bond motifs is 1. The van der Waals surface area contributed by atoms with Crippen molar-refractivity contribution < 1.29 is 14.5 Å². The Balaban J connectivity index is 0.00000361. The Morgan fingerprint density at radius 3 is 1.94 bits per heavy atom. The van der Waals surface area contributed by atoms with Gasteiger partial charge in [-0.1, -0.05) is 84.4 Å². The fraction of sp³-hybridized carbons (Fsp3) is 0.357. The maximum absolute atomic E-state index is 12.6. The van der Waals surface area contributed by atoms with E-state index in [2.05, 4.69) is 5.32 Å². The minimum absolute atomic E-state index is 0. The largest absolute Gasteiger partial charge is 0.444 e. The average Bonchev–Trinajstić information content (AvgIpc) is 2.99. The first-order valence-corrected chi connectivity index (χ1v) is 13.0. The van der Waals surface area contributed by atoms with Crippen LogP contribution in [0.15, 0.2) is 78.9 Å². The van der Waals surface area contributed by atoms with E-state index in [1.165, 1.54) is 5.06 Å². The van der Waals surface area contributed by atoms with Crippen molar-refractivity contribution >= 4 is 23.0 Å². The van der Waals surface area contributed by atoms with Crippen LogP contribution in [-0.4, -0.2) is 21.9 Å². The Hall–Kier alpha value is -2.26. The molecule has 36 heavy (non-hydrogen) atoms. The molecule has 194 valence electrons. The smallest absolute Gasteiger partial charge is 0.0914 e. The van der Waals surface area contributed by atoms with Crippen molar-refractivity contribution in [2.45, 2.75) is 56.2 Å². The summed E-state index contributed by atoms with van der Waals surface area (Å²) >= 11 is 0. The zero-order chi connectivity index (χ0) is 25.4. The predicted octanol–water partition coefficient (Wildman–Crippen LogP) is 6.12. The number of benzene rings is 3. The van der Waals surface area contributed by atoms with Gasteiger partial charge in [0.05, 0.1) is 17.2 Å². The molecule has 4 rings (SSSR count). The van der Waals surface area contributed by atoms with Crippen LogP contribution in [-0.2, 0) is 25.9 Å². The summed E-state index contributed by atoms with van der Waals surface area (Å²) in [5.41, 5.74) is 3.35. The summed E-state index contributed by atoms with van der Waals surface area (Å²) < 4.78 is 20.7. The molecule has 3 atom stereocenters. The Morgan fingerprint density at radius 1 is 0.861 bits per heavy atom. The third-order valence-electron chi connectivity index (χ3n) is 7.16. The topological polar surface area (TPSA) is 96.7 Å². The maximum Gasteiger partial charge on any atom is 0.0914 e. The minimum Gasteiger partial charge on any atom is -0.444 e. The van der Waals surface area contributed by atoms with E-state index in [9.17, 15) is 14.5 Å². The number of hydrogen-bond acceptors (Lipinski definition) is 7. The lowest BCUT2D eigenvalue weighted by Crippen LogP contribution is -2.42. The molecule has 4 N–H and O–H groups in total. The van der Waals surface area contributed by atoms with Gasteiger partial charge < -0.3 is 24.6 Å². The SMILES string of the molecule is CC1(C)c2ccc(C(O)CNC(c3ccccc3)[C@@H](c3ccccc3)[S-](=N)=O)cc2C(C)(C)N1O.Cl. The van der Waals surface area contributed by atoms with Crippen LogP contribution in [0.4, 0.5) is 0 Å². The number of nitrogens with zero attached hydrogens (tertiary/aromatic N) is 1. The van der Waals surface area contributed by atoms with E-state index >= 15 is 0 Å². The van der Waals surface area contributed by atoms with Gasteiger partial charge >= 0.3 is 0 Å². The summed E-state index contributed by atoms with van der Waals surface area (Å²) in [5, 5.41) is 26.1. The lowest BCUT2D eigenvalue weighted by Gasteiger charge is -2.34. The fourth-order valence-corrected chi connectivity index (χ4v) is 6.14. The van der Waals surface area contributed by atoms with Gasteiger partial charge in [0.2, 0.25) is 0 Å². The van der Waals surface area contributed by atoms with Crippen molar-refractivity contribution in [1.82, 2.24) is 10.4 Å². The van der Waals surface area contributed by atoms with E-state index in [-0.39, 0.29) is 19.0 Å². The van der Waals surface area contributed by atoms with Crippen molar-refractivity contribution in [2.75, 3.05) is 6.54 Å². The van der Waals surface area contributed by atoms with Crippen LogP contribution in [0, 0.1) is 4.78 Å². The van der Waals surface area contributed by atoms with Gasteiger partial charge in [0.1, 0.15) is 0 Å². The van der Waals surface area contributed by atoms with Crippen molar-refractivity contribution in [2.24, 2.45) is 0 Å². The van der Waals surface area contributed by atoms with Crippen LogP contribution in [0.3, 0.4) is 0 Å². The molecule has 0 radical (unpaired) electrons. The van der Waals surface area contributed by atoms with E-state index in [1.54, 1.807) is 0 Å². The number of nitrogens with one attached hydrogen (secondary N) is 2. The van der Waals surface area contributed by atoms with Crippen molar-refractivity contribution in [1.29, 1.82) is 4.78 Å². The van der Waals surface area contributed by atoms with Crippen LogP contribution in [0.2, 0.25) is 0 Å². The molecule has 0 bridgehead atoms. The Morgan fingerprint density at radius 2 is 1.39 bits per heavy atom. The van der Waals surface area contributed by atoms with E-state index in [0.29, 0.717) is 0 Å². The average molecular weight is 529 g/mol. The highest BCUT2D eigenvalue weighted by Gasteiger charge is 2.48. The maximum atomic E-state index is 12.6. The summed E-state index contributed by atoms with van der Waals surface area (Å²) in [6.45, 7) is 8.11.